The van der Waals surface area contributed by atoms with E-state index in [4.69, 9.17) is 0 Å². The molecule has 1 aliphatic carbocycles. The van der Waals surface area contributed by atoms with Gasteiger partial charge in [-0.05, 0) is 65.7 Å². The highest BCUT2D eigenvalue weighted by Crippen LogP contribution is 2.38. The van der Waals surface area contributed by atoms with Gasteiger partial charge in [-0.2, -0.15) is 0 Å². The molecule has 1 heterocycles. The molecule has 20 heavy (non-hydrogen) atoms. The van der Waals surface area contributed by atoms with Gasteiger partial charge < -0.3 is 5.32 Å². The number of rotatable bonds is 4. The molecule has 0 spiro atoms. The van der Waals surface area contributed by atoms with Crippen molar-refractivity contribution in [3.8, 4) is 0 Å². The summed E-state index contributed by atoms with van der Waals surface area (Å²) >= 11 is 5.53. The van der Waals surface area contributed by atoms with E-state index in [1.165, 1.54) is 34.2 Å². The summed E-state index contributed by atoms with van der Waals surface area (Å²) in [6.07, 6.45) is 4.90. The molecule has 1 N–H and O–H groups in total. The monoisotopic (exact) mass is 349 g/mol. The topological polar surface area (TPSA) is 12.0 Å². The van der Waals surface area contributed by atoms with Gasteiger partial charge in [0.15, 0.2) is 0 Å². The molecule has 2 aromatic rings. The van der Waals surface area contributed by atoms with Crippen LogP contribution in [0.4, 0.5) is 0 Å². The molecule has 0 bridgehead atoms. The van der Waals surface area contributed by atoms with Gasteiger partial charge in [0.05, 0.1) is 3.79 Å². The van der Waals surface area contributed by atoms with Crippen molar-refractivity contribution in [3.05, 3.63) is 56.2 Å². The van der Waals surface area contributed by atoms with E-state index in [9.17, 15) is 0 Å². The molecule has 0 aliphatic heterocycles. The quantitative estimate of drug-likeness (QED) is 0.808. The predicted octanol–water partition coefficient (Wildman–Crippen LogP) is 5.11. The number of thiophene rings is 1. The van der Waals surface area contributed by atoms with Crippen molar-refractivity contribution in [1.29, 1.82) is 0 Å². The Hall–Kier alpha value is -0.640. The fourth-order valence-electron chi connectivity index (χ4n) is 3.06. The number of benzene rings is 1. The SMILES string of the molecule is CC(Cc1ccccc1)NC1CCCc2sc(Br)cc21. The van der Waals surface area contributed by atoms with Crippen molar-refractivity contribution < 1.29 is 0 Å². The van der Waals surface area contributed by atoms with Gasteiger partial charge in [0.1, 0.15) is 0 Å². The van der Waals surface area contributed by atoms with E-state index in [0.29, 0.717) is 12.1 Å². The normalized spacial score (nSPS) is 19.6. The van der Waals surface area contributed by atoms with Crippen LogP contribution in [0.1, 0.15) is 41.8 Å². The van der Waals surface area contributed by atoms with E-state index in [1.807, 2.05) is 11.3 Å². The number of halogens is 1. The second-order valence-electron chi connectivity index (χ2n) is 5.63. The van der Waals surface area contributed by atoms with Gasteiger partial charge in [0, 0.05) is 17.0 Å². The average Bonchev–Trinajstić information content (AvgIpc) is 2.81. The second-order valence-corrected chi connectivity index (χ2v) is 8.15. The van der Waals surface area contributed by atoms with Crippen molar-refractivity contribution in [3.63, 3.8) is 0 Å². The van der Waals surface area contributed by atoms with Crippen LogP contribution in [0.15, 0.2) is 40.2 Å². The minimum absolute atomic E-state index is 0.507. The summed E-state index contributed by atoms with van der Waals surface area (Å²) < 4.78 is 1.27. The average molecular weight is 350 g/mol. The molecule has 106 valence electrons. The Labute approximate surface area is 133 Å². The summed E-state index contributed by atoms with van der Waals surface area (Å²) in [5, 5.41) is 3.82. The Bertz CT molecular complexity index is 564. The first kappa shape index (κ1) is 14.3. The summed E-state index contributed by atoms with van der Waals surface area (Å²) in [7, 11) is 0. The lowest BCUT2D eigenvalue weighted by Crippen LogP contribution is -2.33. The van der Waals surface area contributed by atoms with E-state index in [2.05, 4.69) is 64.6 Å². The minimum Gasteiger partial charge on any atom is -0.307 e. The predicted molar refractivity (Wildman–Crippen MR) is 90.4 cm³/mol. The molecule has 0 radical (unpaired) electrons. The van der Waals surface area contributed by atoms with Gasteiger partial charge in [-0.3, -0.25) is 0 Å². The summed E-state index contributed by atoms with van der Waals surface area (Å²) in [6, 6.07) is 14.1. The fraction of sp³-hybridized carbons (Fsp3) is 0.412. The van der Waals surface area contributed by atoms with Gasteiger partial charge in [0.25, 0.3) is 0 Å². The van der Waals surface area contributed by atoms with Crippen LogP contribution in [0.3, 0.4) is 0 Å². The fourth-order valence-corrected chi connectivity index (χ4v) is 4.88. The molecule has 1 aromatic heterocycles. The van der Waals surface area contributed by atoms with Gasteiger partial charge in [-0.25, -0.2) is 0 Å². The van der Waals surface area contributed by atoms with Crippen LogP contribution in [0, 0.1) is 0 Å². The first-order chi connectivity index (χ1) is 9.72. The van der Waals surface area contributed by atoms with Gasteiger partial charge >= 0.3 is 0 Å². The van der Waals surface area contributed by atoms with Crippen LogP contribution in [-0.4, -0.2) is 6.04 Å². The van der Waals surface area contributed by atoms with Crippen molar-refractivity contribution >= 4 is 27.3 Å². The number of hydrogen-bond acceptors (Lipinski definition) is 2. The molecule has 3 rings (SSSR count). The molecule has 0 amide bonds. The minimum atomic E-state index is 0.507. The third-order valence-corrected chi connectivity index (χ3v) is 5.67. The zero-order valence-corrected chi connectivity index (χ0v) is 14.1. The lowest BCUT2D eigenvalue weighted by Gasteiger charge is -2.27. The van der Waals surface area contributed by atoms with E-state index >= 15 is 0 Å². The molecule has 2 atom stereocenters. The van der Waals surface area contributed by atoms with Gasteiger partial charge in [-0.1, -0.05) is 30.3 Å². The van der Waals surface area contributed by atoms with Crippen molar-refractivity contribution in [2.75, 3.05) is 0 Å². The standard InChI is InChI=1S/C17H20BrNS/c1-12(10-13-6-3-2-4-7-13)19-15-8-5-9-16-14(15)11-17(18)20-16/h2-4,6-7,11-12,15,19H,5,8-10H2,1H3. The van der Waals surface area contributed by atoms with Crippen LogP contribution >= 0.6 is 27.3 Å². The van der Waals surface area contributed by atoms with E-state index in [1.54, 1.807) is 4.88 Å². The first-order valence-corrected chi connectivity index (χ1v) is 8.91. The van der Waals surface area contributed by atoms with E-state index < -0.39 is 0 Å². The zero-order chi connectivity index (χ0) is 13.9. The van der Waals surface area contributed by atoms with E-state index in [0.717, 1.165) is 6.42 Å². The maximum Gasteiger partial charge on any atom is 0.0704 e. The molecule has 2 unspecified atom stereocenters. The Morgan fingerprint density at radius 3 is 2.95 bits per heavy atom. The third kappa shape index (κ3) is 3.33. The zero-order valence-electron chi connectivity index (χ0n) is 11.7. The summed E-state index contributed by atoms with van der Waals surface area (Å²) in [5.41, 5.74) is 2.93. The maximum absolute atomic E-state index is 3.82. The molecule has 1 aromatic carbocycles. The molecule has 0 saturated heterocycles. The molecule has 1 nitrogen and oxygen atoms in total. The lowest BCUT2D eigenvalue weighted by atomic mass is 9.93. The Balaban J connectivity index is 1.66. The van der Waals surface area contributed by atoms with E-state index in [-0.39, 0.29) is 0 Å². The van der Waals surface area contributed by atoms with Crippen LogP contribution in [0.5, 0.6) is 0 Å². The Morgan fingerprint density at radius 2 is 2.15 bits per heavy atom. The molecular formula is C17H20BrNS. The number of nitrogens with one attached hydrogen (secondary N) is 1. The highest BCUT2D eigenvalue weighted by atomic mass is 79.9. The largest absolute Gasteiger partial charge is 0.307 e. The second kappa shape index (κ2) is 6.42. The molecule has 3 heteroatoms. The van der Waals surface area contributed by atoms with Crippen LogP contribution in [0.2, 0.25) is 0 Å². The Kier molecular flexibility index (Phi) is 4.59. The van der Waals surface area contributed by atoms with Crippen LogP contribution < -0.4 is 5.32 Å². The summed E-state index contributed by atoms with van der Waals surface area (Å²) in [5.74, 6) is 0. The third-order valence-electron chi connectivity index (χ3n) is 3.95. The first-order valence-electron chi connectivity index (χ1n) is 7.30. The van der Waals surface area contributed by atoms with Crippen molar-refractivity contribution in [1.82, 2.24) is 5.32 Å². The van der Waals surface area contributed by atoms with Gasteiger partial charge in [-0.15, -0.1) is 11.3 Å². The molecule has 0 fully saturated rings. The summed E-state index contributed by atoms with van der Waals surface area (Å²) in [4.78, 5) is 1.56. The highest BCUT2D eigenvalue weighted by molar-refractivity contribution is 9.11. The highest BCUT2D eigenvalue weighted by Gasteiger charge is 2.23. The van der Waals surface area contributed by atoms with Crippen LogP contribution in [-0.2, 0) is 12.8 Å². The van der Waals surface area contributed by atoms with Gasteiger partial charge in [0.2, 0.25) is 0 Å². The van der Waals surface area contributed by atoms with Crippen molar-refractivity contribution in [2.45, 2.75) is 44.7 Å². The Morgan fingerprint density at radius 1 is 1.35 bits per heavy atom. The van der Waals surface area contributed by atoms with Crippen molar-refractivity contribution in [2.24, 2.45) is 0 Å². The number of fused-ring (bicyclic) bond motifs is 1. The lowest BCUT2D eigenvalue weighted by molar-refractivity contribution is 0.409. The van der Waals surface area contributed by atoms with Crippen LogP contribution in [0.25, 0.3) is 0 Å². The molecule has 1 aliphatic rings. The smallest absolute Gasteiger partial charge is 0.0704 e. The molecule has 0 saturated carbocycles. The number of hydrogen-bond donors (Lipinski definition) is 1. The maximum atomic E-state index is 3.82. The summed E-state index contributed by atoms with van der Waals surface area (Å²) in [6.45, 7) is 2.29. The molecular weight excluding hydrogens is 330 g/mol. The number of aryl methyl sites for hydroxylation is 1.